The minimum atomic E-state index is -0.139. The lowest BCUT2D eigenvalue weighted by Gasteiger charge is -2.18. The van der Waals surface area contributed by atoms with E-state index in [1.54, 1.807) is 0 Å². The number of carbonyl (C=O) groups excluding carboxylic acids is 1. The maximum absolute atomic E-state index is 12.6. The van der Waals surface area contributed by atoms with Crippen LogP contribution in [0.3, 0.4) is 0 Å². The van der Waals surface area contributed by atoms with Crippen LogP contribution >= 0.6 is 11.6 Å². The summed E-state index contributed by atoms with van der Waals surface area (Å²) in [5, 5.41) is 0.748. The molecule has 1 nitrogen and oxygen atoms in total. The Bertz CT molecular complexity index is 425. The molecular formula is C15H17ClO. The lowest BCUT2D eigenvalue weighted by molar-refractivity contribution is -0.125. The molecule has 2 fully saturated rings. The molecule has 2 heteroatoms. The standard InChI is InChI=1S/C15H17ClO/c16-13-7-5-12(6-8-13)15(9-10-15)14(17)11-3-1-2-4-11/h5-8,11H,1-4,9-10H2. The van der Waals surface area contributed by atoms with Gasteiger partial charge >= 0.3 is 0 Å². The highest BCUT2D eigenvalue weighted by molar-refractivity contribution is 6.30. The molecule has 2 saturated carbocycles. The van der Waals surface area contributed by atoms with Gasteiger partial charge in [-0.25, -0.2) is 0 Å². The Morgan fingerprint density at radius 3 is 2.24 bits per heavy atom. The van der Waals surface area contributed by atoms with E-state index in [0.717, 1.165) is 30.7 Å². The third-order valence-electron chi connectivity index (χ3n) is 4.34. The maximum atomic E-state index is 12.6. The van der Waals surface area contributed by atoms with Crippen molar-refractivity contribution in [3.63, 3.8) is 0 Å². The van der Waals surface area contributed by atoms with Gasteiger partial charge in [-0.2, -0.15) is 0 Å². The molecule has 3 rings (SSSR count). The van der Waals surface area contributed by atoms with Crippen molar-refractivity contribution in [1.29, 1.82) is 0 Å². The lowest BCUT2D eigenvalue weighted by atomic mass is 9.84. The van der Waals surface area contributed by atoms with E-state index in [0.29, 0.717) is 11.7 Å². The Hall–Kier alpha value is -0.820. The SMILES string of the molecule is O=C(C1CCCC1)C1(c2ccc(Cl)cc2)CC1. The first kappa shape index (κ1) is 11.3. The van der Waals surface area contributed by atoms with E-state index in [9.17, 15) is 4.79 Å². The highest BCUT2D eigenvalue weighted by Crippen LogP contribution is 2.52. The molecule has 2 aliphatic carbocycles. The minimum absolute atomic E-state index is 0.139. The fourth-order valence-electron chi connectivity index (χ4n) is 3.15. The molecule has 2 aliphatic rings. The Morgan fingerprint density at radius 1 is 1.12 bits per heavy atom. The molecule has 1 aromatic rings. The van der Waals surface area contributed by atoms with Crippen molar-refractivity contribution < 1.29 is 4.79 Å². The van der Waals surface area contributed by atoms with E-state index in [4.69, 9.17) is 11.6 Å². The summed E-state index contributed by atoms with van der Waals surface area (Å²) < 4.78 is 0. The third-order valence-corrected chi connectivity index (χ3v) is 4.60. The summed E-state index contributed by atoms with van der Waals surface area (Å²) in [6.45, 7) is 0. The first-order valence-electron chi connectivity index (χ1n) is 6.53. The van der Waals surface area contributed by atoms with Gasteiger partial charge in [0, 0.05) is 10.9 Å². The zero-order valence-electron chi connectivity index (χ0n) is 9.92. The Labute approximate surface area is 107 Å². The second-order valence-electron chi connectivity index (χ2n) is 5.43. The van der Waals surface area contributed by atoms with Gasteiger partial charge in [0.05, 0.1) is 5.41 Å². The third kappa shape index (κ3) is 1.91. The lowest BCUT2D eigenvalue weighted by Crippen LogP contribution is -2.26. The highest BCUT2D eigenvalue weighted by Gasteiger charge is 2.52. The van der Waals surface area contributed by atoms with Crippen LogP contribution in [0.1, 0.15) is 44.1 Å². The number of ketones is 1. The molecule has 0 N–H and O–H groups in total. The molecule has 17 heavy (non-hydrogen) atoms. The van der Waals surface area contributed by atoms with Gasteiger partial charge in [-0.1, -0.05) is 36.6 Å². The molecule has 90 valence electrons. The van der Waals surface area contributed by atoms with Gasteiger partial charge < -0.3 is 0 Å². The van der Waals surface area contributed by atoms with E-state index in [1.807, 2.05) is 24.3 Å². The topological polar surface area (TPSA) is 17.1 Å². The average Bonchev–Trinajstić information content (AvgIpc) is 2.97. The first-order valence-corrected chi connectivity index (χ1v) is 6.90. The number of benzene rings is 1. The van der Waals surface area contributed by atoms with Crippen molar-refractivity contribution in [3.05, 3.63) is 34.9 Å². The second kappa shape index (κ2) is 4.13. The van der Waals surface area contributed by atoms with E-state index >= 15 is 0 Å². The van der Waals surface area contributed by atoms with Crippen molar-refractivity contribution in [2.24, 2.45) is 5.92 Å². The van der Waals surface area contributed by atoms with E-state index in [2.05, 4.69) is 0 Å². The molecular weight excluding hydrogens is 232 g/mol. The highest BCUT2D eigenvalue weighted by atomic mass is 35.5. The summed E-state index contributed by atoms with van der Waals surface area (Å²) >= 11 is 5.90. The van der Waals surface area contributed by atoms with Gasteiger partial charge in [0.25, 0.3) is 0 Å². The van der Waals surface area contributed by atoms with Crippen molar-refractivity contribution >= 4 is 17.4 Å². The molecule has 0 bridgehead atoms. The molecule has 0 amide bonds. The van der Waals surface area contributed by atoms with Crippen molar-refractivity contribution in [3.8, 4) is 0 Å². The van der Waals surface area contributed by atoms with Crippen LogP contribution in [0.25, 0.3) is 0 Å². The van der Waals surface area contributed by atoms with E-state index in [1.165, 1.54) is 18.4 Å². The number of carbonyl (C=O) groups is 1. The normalized spacial score (nSPS) is 22.6. The van der Waals surface area contributed by atoms with Gasteiger partial charge in [-0.15, -0.1) is 0 Å². The summed E-state index contributed by atoms with van der Waals surface area (Å²) in [6, 6.07) is 7.86. The largest absolute Gasteiger partial charge is 0.298 e. The Morgan fingerprint density at radius 2 is 1.71 bits per heavy atom. The van der Waals surface area contributed by atoms with Gasteiger partial charge in [0.1, 0.15) is 5.78 Å². The van der Waals surface area contributed by atoms with Crippen LogP contribution in [0, 0.1) is 5.92 Å². The summed E-state index contributed by atoms with van der Waals surface area (Å²) in [4.78, 5) is 12.6. The van der Waals surface area contributed by atoms with Crippen LogP contribution < -0.4 is 0 Å². The van der Waals surface area contributed by atoms with Gasteiger partial charge in [0.15, 0.2) is 0 Å². The number of rotatable bonds is 3. The Balaban J connectivity index is 1.85. The number of halogens is 1. The molecule has 0 aliphatic heterocycles. The number of Topliss-reactive ketones (excluding diaryl/α,β-unsaturated/α-hetero) is 1. The maximum Gasteiger partial charge on any atom is 0.146 e. The van der Waals surface area contributed by atoms with Crippen LogP contribution in [-0.4, -0.2) is 5.78 Å². The van der Waals surface area contributed by atoms with Crippen LogP contribution in [-0.2, 0) is 10.2 Å². The van der Waals surface area contributed by atoms with Crippen LogP contribution in [0.15, 0.2) is 24.3 Å². The van der Waals surface area contributed by atoms with Crippen molar-refractivity contribution in [2.45, 2.75) is 43.9 Å². The molecule has 1 aromatic carbocycles. The van der Waals surface area contributed by atoms with E-state index < -0.39 is 0 Å². The van der Waals surface area contributed by atoms with Crippen molar-refractivity contribution in [2.75, 3.05) is 0 Å². The van der Waals surface area contributed by atoms with E-state index in [-0.39, 0.29) is 5.41 Å². The van der Waals surface area contributed by atoms with Crippen LogP contribution in [0.5, 0.6) is 0 Å². The zero-order valence-corrected chi connectivity index (χ0v) is 10.7. The number of hydrogen-bond donors (Lipinski definition) is 0. The van der Waals surface area contributed by atoms with Gasteiger partial charge in [-0.3, -0.25) is 4.79 Å². The van der Waals surface area contributed by atoms with Crippen molar-refractivity contribution in [1.82, 2.24) is 0 Å². The molecule has 0 heterocycles. The summed E-state index contributed by atoms with van der Waals surface area (Å²) in [5.41, 5.74) is 1.04. The average molecular weight is 249 g/mol. The summed E-state index contributed by atoms with van der Waals surface area (Å²) in [7, 11) is 0. The van der Waals surface area contributed by atoms with Gasteiger partial charge in [-0.05, 0) is 43.4 Å². The molecule has 0 saturated heterocycles. The molecule has 0 unspecified atom stereocenters. The second-order valence-corrected chi connectivity index (χ2v) is 5.87. The summed E-state index contributed by atoms with van der Waals surface area (Å²) in [6.07, 6.45) is 6.73. The fourth-order valence-corrected chi connectivity index (χ4v) is 3.28. The van der Waals surface area contributed by atoms with Crippen LogP contribution in [0.2, 0.25) is 5.02 Å². The fraction of sp³-hybridized carbons (Fsp3) is 0.533. The smallest absolute Gasteiger partial charge is 0.146 e. The molecule has 0 atom stereocenters. The Kier molecular flexibility index (Phi) is 2.74. The van der Waals surface area contributed by atoms with Gasteiger partial charge in [0.2, 0.25) is 0 Å². The first-order chi connectivity index (χ1) is 8.22. The number of hydrogen-bond acceptors (Lipinski definition) is 1. The van der Waals surface area contributed by atoms with Crippen LogP contribution in [0.4, 0.5) is 0 Å². The minimum Gasteiger partial charge on any atom is -0.298 e. The predicted octanol–water partition coefficient (Wildman–Crippen LogP) is 4.13. The molecule has 0 spiro atoms. The predicted molar refractivity (Wildman–Crippen MR) is 69.3 cm³/mol. The summed E-state index contributed by atoms with van der Waals surface area (Å²) in [5.74, 6) is 0.825. The molecule has 0 aromatic heterocycles. The monoisotopic (exact) mass is 248 g/mol. The zero-order chi connectivity index (χ0) is 11.9. The quantitative estimate of drug-likeness (QED) is 0.786. The molecule has 0 radical (unpaired) electrons.